The molecule has 0 aliphatic heterocycles. The van der Waals surface area contributed by atoms with E-state index < -0.39 is 0 Å². The number of carbonyl (C=O) groups is 1. The monoisotopic (exact) mass is 208 g/mol. The minimum atomic E-state index is -0.284. The van der Waals surface area contributed by atoms with Gasteiger partial charge in [-0.25, -0.2) is 4.79 Å². The fourth-order valence-corrected chi connectivity index (χ4v) is 0.976. The first kappa shape index (κ1) is 13.7. The Kier molecular flexibility index (Phi) is 9.83. The van der Waals surface area contributed by atoms with Crippen LogP contribution in [0.4, 0.5) is 0 Å². The number of unbranched alkanes of at least 4 members (excludes halogenated alkanes) is 1. The third kappa shape index (κ3) is 10.6. The van der Waals surface area contributed by atoms with Gasteiger partial charge < -0.3 is 4.74 Å². The Balaban J connectivity index is 3.53. The van der Waals surface area contributed by atoms with E-state index in [0.29, 0.717) is 6.61 Å². The molecule has 15 heavy (non-hydrogen) atoms. The van der Waals surface area contributed by atoms with Crippen molar-refractivity contribution < 1.29 is 9.53 Å². The first-order valence-corrected chi connectivity index (χ1v) is 5.46. The molecule has 0 amide bonds. The molecule has 0 saturated carbocycles. The van der Waals surface area contributed by atoms with Gasteiger partial charge in [0.25, 0.3) is 0 Å². The van der Waals surface area contributed by atoms with Crippen LogP contribution in [0.25, 0.3) is 0 Å². The number of rotatable bonds is 7. The average Bonchev–Trinajstić information content (AvgIpc) is 2.22. The zero-order chi connectivity index (χ0) is 11.4. The molecule has 0 aromatic rings. The fourth-order valence-electron chi connectivity index (χ4n) is 0.976. The molecule has 0 unspecified atom stereocenters. The van der Waals surface area contributed by atoms with Crippen molar-refractivity contribution in [3.63, 3.8) is 0 Å². The van der Waals surface area contributed by atoms with Gasteiger partial charge in [-0.1, -0.05) is 37.3 Å². The number of esters is 1. The molecule has 0 bridgehead atoms. The predicted octanol–water partition coefficient (Wildman–Crippen LogP) is 3.41. The summed E-state index contributed by atoms with van der Waals surface area (Å²) < 4.78 is 4.73. The molecule has 0 rings (SSSR count). The Bertz CT molecular complexity index is 237. The molecule has 0 aromatic carbocycles. The van der Waals surface area contributed by atoms with Crippen molar-refractivity contribution in [2.75, 3.05) is 6.61 Å². The smallest absolute Gasteiger partial charge is 0.330 e. The van der Waals surface area contributed by atoms with Crippen molar-refractivity contribution in [1.82, 2.24) is 0 Å². The van der Waals surface area contributed by atoms with Gasteiger partial charge in [0.2, 0.25) is 0 Å². The normalized spacial score (nSPS) is 11.9. The molecule has 0 aromatic heterocycles. The van der Waals surface area contributed by atoms with Crippen molar-refractivity contribution in [3.8, 4) is 0 Å². The lowest BCUT2D eigenvalue weighted by molar-refractivity contribution is -0.137. The van der Waals surface area contributed by atoms with E-state index in [1.54, 1.807) is 13.0 Å². The molecule has 0 radical (unpaired) electrons. The molecular formula is C13H20O2. The van der Waals surface area contributed by atoms with Gasteiger partial charge in [0.1, 0.15) is 0 Å². The van der Waals surface area contributed by atoms with Gasteiger partial charge in [-0.3, -0.25) is 0 Å². The van der Waals surface area contributed by atoms with E-state index in [1.807, 2.05) is 12.2 Å². The van der Waals surface area contributed by atoms with Gasteiger partial charge >= 0.3 is 5.97 Å². The third-order valence-corrected chi connectivity index (χ3v) is 1.67. The van der Waals surface area contributed by atoms with Crippen LogP contribution in [0.15, 0.2) is 36.5 Å². The lowest BCUT2D eigenvalue weighted by Crippen LogP contribution is -1.98. The van der Waals surface area contributed by atoms with Crippen molar-refractivity contribution in [2.45, 2.75) is 33.1 Å². The van der Waals surface area contributed by atoms with Gasteiger partial charge in [0.15, 0.2) is 0 Å². The molecule has 2 heteroatoms. The first-order chi connectivity index (χ1) is 7.31. The van der Waals surface area contributed by atoms with Crippen LogP contribution in [0, 0.1) is 0 Å². The molecule has 0 fully saturated rings. The standard InChI is InChI=1S/C13H20O2/c1-3-5-6-7-8-9-10-11-12-13(14)15-4-2/h5-6,9-12H,3-4,7-8H2,1-2H3/b6-5+,10-9+,12-11+. The van der Waals surface area contributed by atoms with Gasteiger partial charge in [0.05, 0.1) is 6.61 Å². The van der Waals surface area contributed by atoms with Crippen LogP contribution >= 0.6 is 0 Å². The summed E-state index contributed by atoms with van der Waals surface area (Å²) in [6.45, 7) is 4.34. The lowest BCUT2D eigenvalue weighted by Gasteiger charge is -1.92. The van der Waals surface area contributed by atoms with Crippen LogP contribution in [0.1, 0.15) is 33.1 Å². The SMILES string of the molecule is CC/C=C/CC/C=C/C=C/C(=O)OCC. The predicted molar refractivity (Wildman–Crippen MR) is 63.6 cm³/mol. The van der Waals surface area contributed by atoms with E-state index in [4.69, 9.17) is 4.74 Å². The van der Waals surface area contributed by atoms with Gasteiger partial charge in [-0.15, -0.1) is 0 Å². The molecule has 0 heterocycles. The van der Waals surface area contributed by atoms with E-state index in [9.17, 15) is 4.79 Å². The highest BCUT2D eigenvalue weighted by molar-refractivity contribution is 5.82. The lowest BCUT2D eigenvalue weighted by atomic mass is 10.2. The summed E-state index contributed by atoms with van der Waals surface area (Å²) in [6, 6.07) is 0. The summed E-state index contributed by atoms with van der Waals surface area (Å²) in [6.07, 6.45) is 14.5. The van der Waals surface area contributed by atoms with Gasteiger partial charge in [-0.2, -0.15) is 0 Å². The van der Waals surface area contributed by atoms with Crippen molar-refractivity contribution >= 4 is 5.97 Å². The largest absolute Gasteiger partial charge is 0.463 e. The summed E-state index contributed by atoms with van der Waals surface area (Å²) in [5, 5.41) is 0. The second-order valence-electron chi connectivity index (χ2n) is 3.00. The Morgan fingerprint density at radius 1 is 1.07 bits per heavy atom. The maximum absolute atomic E-state index is 10.9. The van der Waals surface area contributed by atoms with E-state index >= 15 is 0 Å². The van der Waals surface area contributed by atoms with E-state index in [2.05, 4.69) is 19.1 Å². The number of carbonyl (C=O) groups excluding carboxylic acids is 1. The van der Waals surface area contributed by atoms with Crippen molar-refractivity contribution in [3.05, 3.63) is 36.5 Å². The summed E-state index contributed by atoms with van der Waals surface area (Å²) >= 11 is 0. The Hall–Kier alpha value is -1.31. The summed E-state index contributed by atoms with van der Waals surface area (Å²) in [7, 11) is 0. The summed E-state index contributed by atoms with van der Waals surface area (Å²) in [4.78, 5) is 10.9. The van der Waals surface area contributed by atoms with E-state index in [-0.39, 0.29) is 5.97 Å². The minimum absolute atomic E-state index is 0.284. The van der Waals surface area contributed by atoms with Gasteiger partial charge in [0, 0.05) is 6.08 Å². The van der Waals surface area contributed by atoms with E-state index in [1.165, 1.54) is 6.08 Å². The quantitative estimate of drug-likeness (QED) is 0.211. The molecule has 0 atom stereocenters. The minimum Gasteiger partial charge on any atom is -0.463 e. The second-order valence-corrected chi connectivity index (χ2v) is 3.00. The molecule has 0 N–H and O–H groups in total. The topological polar surface area (TPSA) is 26.3 Å². The Morgan fingerprint density at radius 3 is 2.47 bits per heavy atom. The number of hydrogen-bond acceptors (Lipinski definition) is 2. The molecule has 0 saturated heterocycles. The maximum atomic E-state index is 10.9. The van der Waals surface area contributed by atoms with Crippen molar-refractivity contribution in [2.24, 2.45) is 0 Å². The number of hydrogen-bond donors (Lipinski definition) is 0. The molecule has 0 aliphatic rings. The molecule has 84 valence electrons. The third-order valence-electron chi connectivity index (χ3n) is 1.67. The maximum Gasteiger partial charge on any atom is 0.330 e. The highest BCUT2D eigenvalue weighted by Crippen LogP contribution is 1.94. The Morgan fingerprint density at radius 2 is 1.80 bits per heavy atom. The van der Waals surface area contributed by atoms with Crippen LogP contribution in [0.3, 0.4) is 0 Å². The zero-order valence-electron chi connectivity index (χ0n) is 9.61. The van der Waals surface area contributed by atoms with Crippen LogP contribution in [-0.4, -0.2) is 12.6 Å². The van der Waals surface area contributed by atoms with Crippen molar-refractivity contribution in [1.29, 1.82) is 0 Å². The zero-order valence-corrected chi connectivity index (χ0v) is 9.61. The summed E-state index contributed by atoms with van der Waals surface area (Å²) in [5.41, 5.74) is 0. The fraction of sp³-hybridized carbons (Fsp3) is 0.462. The molecule has 0 aliphatic carbocycles. The first-order valence-electron chi connectivity index (χ1n) is 5.46. The van der Waals surface area contributed by atoms with Crippen LogP contribution in [0.2, 0.25) is 0 Å². The van der Waals surface area contributed by atoms with E-state index in [0.717, 1.165) is 19.3 Å². The van der Waals surface area contributed by atoms with Gasteiger partial charge in [-0.05, 0) is 26.2 Å². The number of allylic oxidation sites excluding steroid dienone is 5. The van der Waals surface area contributed by atoms with Crippen LogP contribution < -0.4 is 0 Å². The summed E-state index contributed by atoms with van der Waals surface area (Å²) in [5.74, 6) is -0.284. The highest BCUT2D eigenvalue weighted by Gasteiger charge is 1.89. The molecule has 2 nitrogen and oxygen atoms in total. The second kappa shape index (κ2) is 10.8. The van der Waals surface area contributed by atoms with Crippen LogP contribution in [0.5, 0.6) is 0 Å². The number of ether oxygens (including phenoxy) is 1. The van der Waals surface area contributed by atoms with Crippen LogP contribution in [-0.2, 0) is 9.53 Å². The highest BCUT2D eigenvalue weighted by atomic mass is 16.5. The molecule has 0 spiro atoms. The average molecular weight is 208 g/mol. The molecular weight excluding hydrogens is 188 g/mol. The Labute approximate surface area is 92.3 Å².